The Morgan fingerprint density at radius 2 is 2.00 bits per heavy atom. The topological polar surface area (TPSA) is 20.2 Å². The van der Waals surface area contributed by atoms with Gasteiger partial charge in [0.1, 0.15) is 0 Å². The summed E-state index contributed by atoms with van der Waals surface area (Å²) in [5, 5.41) is 9.16. The quantitative estimate of drug-likeness (QED) is 0.577. The van der Waals surface area contributed by atoms with Crippen LogP contribution in [0.5, 0.6) is 0 Å². The molecule has 0 saturated heterocycles. The van der Waals surface area contributed by atoms with E-state index in [1.54, 1.807) is 13.8 Å². The van der Waals surface area contributed by atoms with Crippen molar-refractivity contribution in [2.75, 3.05) is 0 Å². The van der Waals surface area contributed by atoms with E-state index in [0.29, 0.717) is 0 Å². The van der Waals surface area contributed by atoms with Gasteiger partial charge in [0.05, 0.1) is 5.60 Å². The molecule has 0 fully saturated rings. The van der Waals surface area contributed by atoms with Gasteiger partial charge in [-0.15, -0.1) is 0 Å². The molecule has 1 N–H and O–H groups in total. The minimum Gasteiger partial charge on any atom is -0.386 e. The Hall–Kier alpha value is -0.300. The van der Waals surface area contributed by atoms with Gasteiger partial charge in [0.25, 0.3) is 0 Å². The van der Waals surface area contributed by atoms with Crippen LogP contribution in [0.3, 0.4) is 0 Å². The molecule has 0 saturated carbocycles. The first-order valence-electron chi connectivity index (χ1n) is 3.46. The third-order valence-electron chi connectivity index (χ3n) is 0.981. The number of hydrogen-bond acceptors (Lipinski definition) is 1. The van der Waals surface area contributed by atoms with Crippen LogP contribution in [0.15, 0.2) is 12.2 Å². The molecule has 0 aliphatic rings. The zero-order valence-electron chi connectivity index (χ0n) is 6.52. The van der Waals surface area contributed by atoms with Crippen LogP contribution in [0.25, 0.3) is 0 Å². The highest BCUT2D eigenvalue weighted by Crippen LogP contribution is 2.03. The smallest absolute Gasteiger partial charge is 0.0771 e. The molecule has 0 aliphatic carbocycles. The second-order valence-corrected chi connectivity index (χ2v) is 2.84. The molecule has 1 nitrogen and oxygen atoms in total. The third kappa shape index (κ3) is 7.70. The predicted molar refractivity (Wildman–Crippen MR) is 40.3 cm³/mol. The summed E-state index contributed by atoms with van der Waals surface area (Å²) in [6, 6.07) is 0. The Bertz CT molecular complexity index is 87.2. The van der Waals surface area contributed by atoms with E-state index >= 15 is 0 Å². The summed E-state index contributed by atoms with van der Waals surface area (Å²) < 4.78 is 0. The van der Waals surface area contributed by atoms with Crippen LogP contribution < -0.4 is 0 Å². The Morgan fingerprint density at radius 1 is 1.44 bits per heavy atom. The highest BCUT2D eigenvalue weighted by molar-refractivity contribution is 4.94. The van der Waals surface area contributed by atoms with Crippen LogP contribution >= 0.6 is 0 Å². The number of aliphatic hydroxyl groups is 1. The Labute approximate surface area is 57.4 Å². The average Bonchev–Trinajstić information content (AvgIpc) is 1.63. The fourth-order valence-corrected chi connectivity index (χ4v) is 0.538. The summed E-state index contributed by atoms with van der Waals surface area (Å²) in [6.45, 7) is 5.67. The van der Waals surface area contributed by atoms with Crippen molar-refractivity contribution in [1.29, 1.82) is 0 Å². The van der Waals surface area contributed by atoms with Crippen LogP contribution in [-0.2, 0) is 0 Å². The van der Waals surface area contributed by atoms with E-state index in [-0.39, 0.29) is 0 Å². The van der Waals surface area contributed by atoms with E-state index in [0.717, 1.165) is 12.8 Å². The lowest BCUT2D eigenvalue weighted by Crippen LogP contribution is -2.13. The maximum atomic E-state index is 9.16. The summed E-state index contributed by atoms with van der Waals surface area (Å²) in [7, 11) is 0. The zero-order valence-corrected chi connectivity index (χ0v) is 6.52. The molecule has 0 radical (unpaired) electrons. The van der Waals surface area contributed by atoms with E-state index in [4.69, 9.17) is 5.11 Å². The molecule has 0 aromatic heterocycles. The van der Waals surface area contributed by atoms with Crippen molar-refractivity contribution in [3.05, 3.63) is 12.2 Å². The van der Waals surface area contributed by atoms with E-state index in [1.807, 2.05) is 12.2 Å². The zero-order chi connectivity index (χ0) is 7.33. The minimum absolute atomic E-state index is 0.630. The van der Waals surface area contributed by atoms with E-state index < -0.39 is 5.60 Å². The van der Waals surface area contributed by atoms with E-state index in [2.05, 4.69) is 6.92 Å². The van der Waals surface area contributed by atoms with Gasteiger partial charge in [0, 0.05) is 0 Å². The lowest BCUT2D eigenvalue weighted by molar-refractivity contribution is 0.133. The van der Waals surface area contributed by atoms with Crippen molar-refractivity contribution in [2.24, 2.45) is 0 Å². The number of allylic oxidation sites excluding steroid dienone is 1. The average molecular weight is 128 g/mol. The second-order valence-electron chi connectivity index (χ2n) is 2.84. The van der Waals surface area contributed by atoms with E-state index in [1.165, 1.54) is 0 Å². The summed E-state index contributed by atoms with van der Waals surface area (Å²) in [6.07, 6.45) is 6.05. The molecule has 1 heteroatoms. The second kappa shape index (κ2) is 3.67. The van der Waals surface area contributed by atoms with E-state index in [9.17, 15) is 0 Å². The molecule has 9 heavy (non-hydrogen) atoms. The summed E-state index contributed by atoms with van der Waals surface area (Å²) in [4.78, 5) is 0. The monoisotopic (exact) mass is 128 g/mol. The Kier molecular flexibility index (Phi) is 3.55. The first kappa shape index (κ1) is 8.70. The van der Waals surface area contributed by atoms with Crippen LogP contribution in [0, 0.1) is 0 Å². The summed E-state index contributed by atoms with van der Waals surface area (Å²) in [5.41, 5.74) is -0.630. The van der Waals surface area contributed by atoms with Crippen LogP contribution in [0.4, 0.5) is 0 Å². The van der Waals surface area contributed by atoms with Gasteiger partial charge in [0.15, 0.2) is 0 Å². The molecule has 0 unspecified atom stereocenters. The molecular formula is C8H16O. The van der Waals surface area contributed by atoms with Crippen LogP contribution in [0.2, 0.25) is 0 Å². The molecular weight excluding hydrogens is 112 g/mol. The van der Waals surface area contributed by atoms with Gasteiger partial charge < -0.3 is 5.11 Å². The summed E-state index contributed by atoms with van der Waals surface area (Å²) >= 11 is 0. The standard InChI is InChI=1S/C8H16O/c1-4-5-6-7-8(2,3)9/h6-7,9H,4-5H2,1-3H3. The molecule has 54 valence electrons. The maximum absolute atomic E-state index is 9.16. The van der Waals surface area contributed by atoms with Gasteiger partial charge in [-0.25, -0.2) is 0 Å². The van der Waals surface area contributed by atoms with Gasteiger partial charge in [-0.05, 0) is 20.3 Å². The molecule has 0 bridgehead atoms. The molecule has 0 aromatic carbocycles. The van der Waals surface area contributed by atoms with Gasteiger partial charge in [-0.1, -0.05) is 25.5 Å². The van der Waals surface area contributed by atoms with Gasteiger partial charge in [0.2, 0.25) is 0 Å². The summed E-state index contributed by atoms with van der Waals surface area (Å²) in [5.74, 6) is 0. The molecule has 0 rings (SSSR count). The fraction of sp³-hybridized carbons (Fsp3) is 0.750. The molecule has 0 spiro atoms. The molecule has 0 aliphatic heterocycles. The number of rotatable bonds is 3. The number of hydrogen-bond donors (Lipinski definition) is 1. The van der Waals surface area contributed by atoms with Gasteiger partial charge in [-0.2, -0.15) is 0 Å². The predicted octanol–water partition coefficient (Wildman–Crippen LogP) is 2.11. The largest absolute Gasteiger partial charge is 0.386 e. The van der Waals surface area contributed by atoms with Crippen molar-refractivity contribution in [2.45, 2.75) is 39.2 Å². The minimum atomic E-state index is -0.630. The lowest BCUT2D eigenvalue weighted by Gasteiger charge is -2.09. The maximum Gasteiger partial charge on any atom is 0.0771 e. The fourth-order valence-electron chi connectivity index (χ4n) is 0.538. The van der Waals surface area contributed by atoms with Gasteiger partial charge >= 0.3 is 0 Å². The Balaban J connectivity index is 3.45. The van der Waals surface area contributed by atoms with Crippen molar-refractivity contribution < 1.29 is 5.11 Å². The molecule has 0 amide bonds. The molecule has 0 atom stereocenters. The van der Waals surface area contributed by atoms with Crippen molar-refractivity contribution in [3.8, 4) is 0 Å². The highest BCUT2D eigenvalue weighted by Gasteiger charge is 2.04. The first-order valence-corrected chi connectivity index (χ1v) is 3.46. The molecule has 0 aromatic rings. The van der Waals surface area contributed by atoms with Crippen molar-refractivity contribution in [3.63, 3.8) is 0 Å². The third-order valence-corrected chi connectivity index (χ3v) is 0.981. The van der Waals surface area contributed by atoms with Crippen LogP contribution in [0.1, 0.15) is 33.6 Å². The number of unbranched alkanes of at least 4 members (excludes halogenated alkanes) is 1. The normalized spacial score (nSPS) is 12.9. The van der Waals surface area contributed by atoms with Crippen molar-refractivity contribution in [1.82, 2.24) is 0 Å². The SMILES string of the molecule is CCCC=CC(C)(C)O. The van der Waals surface area contributed by atoms with Crippen LogP contribution in [-0.4, -0.2) is 10.7 Å². The lowest BCUT2D eigenvalue weighted by atomic mass is 10.1. The van der Waals surface area contributed by atoms with Crippen molar-refractivity contribution >= 4 is 0 Å². The first-order chi connectivity index (χ1) is 4.06. The Morgan fingerprint density at radius 3 is 2.33 bits per heavy atom. The highest BCUT2D eigenvalue weighted by atomic mass is 16.3. The van der Waals surface area contributed by atoms with Gasteiger partial charge in [-0.3, -0.25) is 0 Å². The molecule has 0 heterocycles.